The lowest BCUT2D eigenvalue weighted by Crippen LogP contribution is -2.33. The molecule has 92 valence electrons. The van der Waals surface area contributed by atoms with Crippen molar-refractivity contribution in [2.75, 3.05) is 11.9 Å². The summed E-state index contributed by atoms with van der Waals surface area (Å²) in [6, 6.07) is 7.17. The Labute approximate surface area is 106 Å². The van der Waals surface area contributed by atoms with E-state index in [0.29, 0.717) is 17.5 Å². The fourth-order valence-electron chi connectivity index (χ4n) is 1.78. The summed E-state index contributed by atoms with van der Waals surface area (Å²) >= 11 is 6.06. The summed E-state index contributed by atoms with van der Waals surface area (Å²) < 4.78 is 5.07. The third-order valence-corrected chi connectivity index (χ3v) is 3.15. The molecule has 0 bridgehead atoms. The number of ether oxygens (including phenoxy) is 1. The Hall–Kier alpha value is -1.22. The summed E-state index contributed by atoms with van der Waals surface area (Å²) in [5.74, 6) is 0.195. The largest absolute Gasteiger partial charge is 0.464 e. The number of hydrogen-bond acceptors (Lipinski definition) is 3. The van der Waals surface area contributed by atoms with Crippen molar-refractivity contribution in [1.82, 2.24) is 0 Å². The van der Waals surface area contributed by atoms with Gasteiger partial charge in [0.25, 0.3) is 0 Å². The summed E-state index contributed by atoms with van der Waals surface area (Å²) in [5.41, 5.74) is 0.791. The molecule has 4 heteroatoms. The summed E-state index contributed by atoms with van der Waals surface area (Å²) in [5, 5.41) is 3.81. The van der Waals surface area contributed by atoms with Crippen molar-refractivity contribution in [3.8, 4) is 0 Å². The van der Waals surface area contributed by atoms with Gasteiger partial charge in [-0.15, -0.1) is 0 Å². The van der Waals surface area contributed by atoms with E-state index in [1.807, 2.05) is 25.1 Å². The Morgan fingerprint density at radius 1 is 1.53 bits per heavy atom. The van der Waals surface area contributed by atoms with Crippen LogP contribution >= 0.6 is 11.6 Å². The van der Waals surface area contributed by atoms with E-state index in [4.69, 9.17) is 16.3 Å². The van der Waals surface area contributed by atoms with Crippen LogP contribution in [-0.2, 0) is 9.53 Å². The van der Waals surface area contributed by atoms with E-state index in [1.165, 1.54) is 0 Å². The number of halogens is 1. The molecule has 1 N–H and O–H groups in total. The summed E-state index contributed by atoms with van der Waals surface area (Å²) in [7, 11) is 0. The molecule has 0 aliphatic heterocycles. The Bertz CT molecular complexity index is 404. The first-order valence-electron chi connectivity index (χ1n) is 5.90. The average Bonchev–Trinajstić information content (AvgIpc) is 3.12. The monoisotopic (exact) mass is 253 g/mol. The highest BCUT2D eigenvalue weighted by atomic mass is 35.5. The van der Waals surface area contributed by atoms with Gasteiger partial charge in [0.2, 0.25) is 0 Å². The molecule has 1 unspecified atom stereocenters. The number of carbonyl (C=O) groups excluding carboxylic acids is 1. The van der Waals surface area contributed by atoms with Crippen LogP contribution in [0.5, 0.6) is 0 Å². The quantitative estimate of drug-likeness (QED) is 0.820. The molecule has 0 radical (unpaired) electrons. The van der Waals surface area contributed by atoms with Crippen LogP contribution in [0.25, 0.3) is 0 Å². The van der Waals surface area contributed by atoms with Gasteiger partial charge < -0.3 is 10.1 Å². The van der Waals surface area contributed by atoms with Gasteiger partial charge in [-0.1, -0.05) is 23.7 Å². The molecule has 1 atom stereocenters. The number of rotatable bonds is 5. The van der Waals surface area contributed by atoms with Crippen molar-refractivity contribution in [2.24, 2.45) is 5.92 Å². The number of para-hydroxylation sites is 1. The Balaban J connectivity index is 2.08. The minimum Gasteiger partial charge on any atom is -0.464 e. The molecule has 1 saturated carbocycles. The first-order valence-corrected chi connectivity index (χ1v) is 6.28. The van der Waals surface area contributed by atoms with E-state index in [2.05, 4.69) is 5.32 Å². The lowest BCUT2D eigenvalue weighted by molar-refractivity contribution is -0.144. The third-order valence-electron chi connectivity index (χ3n) is 2.82. The molecule has 0 saturated heterocycles. The van der Waals surface area contributed by atoms with Crippen molar-refractivity contribution in [3.05, 3.63) is 29.3 Å². The van der Waals surface area contributed by atoms with Crippen molar-refractivity contribution in [2.45, 2.75) is 25.8 Å². The van der Waals surface area contributed by atoms with Gasteiger partial charge in [0.05, 0.1) is 17.3 Å². The van der Waals surface area contributed by atoms with E-state index < -0.39 is 0 Å². The number of benzene rings is 1. The molecule has 0 heterocycles. The van der Waals surface area contributed by atoms with E-state index in [1.54, 1.807) is 6.07 Å². The third kappa shape index (κ3) is 3.13. The van der Waals surface area contributed by atoms with E-state index >= 15 is 0 Å². The number of carbonyl (C=O) groups is 1. The average molecular weight is 254 g/mol. The smallest absolute Gasteiger partial charge is 0.328 e. The fourth-order valence-corrected chi connectivity index (χ4v) is 1.97. The fraction of sp³-hybridized carbons (Fsp3) is 0.462. The maximum Gasteiger partial charge on any atom is 0.328 e. The predicted molar refractivity (Wildman–Crippen MR) is 68.2 cm³/mol. The topological polar surface area (TPSA) is 38.3 Å². The van der Waals surface area contributed by atoms with Crippen LogP contribution in [0.4, 0.5) is 5.69 Å². The second kappa shape index (κ2) is 5.41. The molecular formula is C13H16ClNO2. The van der Waals surface area contributed by atoms with Crippen LogP contribution in [0.15, 0.2) is 24.3 Å². The minimum absolute atomic E-state index is 0.185. The second-order valence-electron chi connectivity index (χ2n) is 4.19. The molecule has 1 fully saturated rings. The van der Waals surface area contributed by atoms with Crippen LogP contribution in [0, 0.1) is 5.92 Å². The van der Waals surface area contributed by atoms with Gasteiger partial charge in [0, 0.05) is 0 Å². The first kappa shape index (κ1) is 12.2. The maximum absolute atomic E-state index is 11.8. The maximum atomic E-state index is 11.8. The van der Waals surface area contributed by atoms with Crippen LogP contribution in [0.1, 0.15) is 19.8 Å². The summed E-state index contributed by atoms with van der Waals surface area (Å²) in [6.45, 7) is 2.23. The van der Waals surface area contributed by atoms with Gasteiger partial charge in [-0.25, -0.2) is 4.79 Å². The van der Waals surface area contributed by atoms with Gasteiger partial charge in [-0.05, 0) is 37.8 Å². The van der Waals surface area contributed by atoms with Crippen molar-refractivity contribution in [1.29, 1.82) is 0 Å². The second-order valence-corrected chi connectivity index (χ2v) is 4.60. The zero-order chi connectivity index (χ0) is 12.3. The van der Waals surface area contributed by atoms with Crippen molar-refractivity contribution < 1.29 is 9.53 Å². The van der Waals surface area contributed by atoms with Crippen LogP contribution in [0.3, 0.4) is 0 Å². The highest BCUT2D eigenvalue weighted by Crippen LogP contribution is 2.35. The minimum atomic E-state index is -0.269. The molecule has 1 aromatic rings. The molecule has 17 heavy (non-hydrogen) atoms. The standard InChI is InChI=1S/C13H16ClNO2/c1-2-17-13(16)12(9-7-8-9)15-11-6-4-3-5-10(11)14/h3-6,9,12,15H,2,7-8H2,1H3. The molecule has 1 aliphatic carbocycles. The van der Waals surface area contributed by atoms with Crippen molar-refractivity contribution in [3.63, 3.8) is 0 Å². The molecule has 2 rings (SSSR count). The van der Waals surface area contributed by atoms with Gasteiger partial charge in [-0.2, -0.15) is 0 Å². The number of esters is 1. The van der Waals surface area contributed by atoms with E-state index in [9.17, 15) is 4.79 Å². The van der Waals surface area contributed by atoms with E-state index in [-0.39, 0.29) is 12.0 Å². The molecule has 0 spiro atoms. The SMILES string of the molecule is CCOC(=O)C(Nc1ccccc1Cl)C1CC1. The number of nitrogens with one attached hydrogen (secondary N) is 1. The molecular weight excluding hydrogens is 238 g/mol. The van der Waals surface area contributed by atoms with Gasteiger partial charge in [0.15, 0.2) is 0 Å². The van der Waals surface area contributed by atoms with Gasteiger partial charge in [0.1, 0.15) is 6.04 Å². The van der Waals surface area contributed by atoms with Crippen LogP contribution in [-0.4, -0.2) is 18.6 Å². The zero-order valence-electron chi connectivity index (χ0n) is 9.78. The molecule has 1 aromatic carbocycles. The van der Waals surface area contributed by atoms with Crippen molar-refractivity contribution >= 4 is 23.3 Å². The lowest BCUT2D eigenvalue weighted by Gasteiger charge is -2.18. The normalized spacial score (nSPS) is 16.4. The Morgan fingerprint density at radius 2 is 2.24 bits per heavy atom. The highest BCUT2D eigenvalue weighted by Gasteiger charge is 2.37. The lowest BCUT2D eigenvalue weighted by atomic mass is 10.1. The van der Waals surface area contributed by atoms with Crippen LogP contribution < -0.4 is 5.32 Å². The summed E-state index contributed by atoms with van der Waals surface area (Å²) in [4.78, 5) is 11.8. The Kier molecular flexibility index (Phi) is 3.89. The van der Waals surface area contributed by atoms with Crippen LogP contribution in [0.2, 0.25) is 5.02 Å². The highest BCUT2D eigenvalue weighted by molar-refractivity contribution is 6.33. The number of hydrogen-bond donors (Lipinski definition) is 1. The molecule has 0 amide bonds. The molecule has 3 nitrogen and oxygen atoms in total. The first-order chi connectivity index (χ1) is 8.22. The summed E-state index contributed by atoms with van der Waals surface area (Å²) in [6.07, 6.45) is 2.14. The van der Waals surface area contributed by atoms with Gasteiger partial charge >= 0.3 is 5.97 Å². The molecule has 1 aliphatic rings. The molecule has 0 aromatic heterocycles. The Morgan fingerprint density at radius 3 is 2.82 bits per heavy atom. The van der Waals surface area contributed by atoms with Gasteiger partial charge in [-0.3, -0.25) is 0 Å². The predicted octanol–water partition coefficient (Wildman–Crippen LogP) is 3.09. The van der Waals surface area contributed by atoms with E-state index in [0.717, 1.165) is 18.5 Å². The zero-order valence-corrected chi connectivity index (χ0v) is 10.5. The number of anilines is 1.